The molecule has 0 amide bonds. The quantitative estimate of drug-likeness (QED) is 0.166. The van der Waals surface area contributed by atoms with Gasteiger partial charge in [0.05, 0.1) is 42.7 Å². The van der Waals surface area contributed by atoms with Gasteiger partial charge in [0.15, 0.2) is 16.3 Å². The van der Waals surface area contributed by atoms with Crippen molar-refractivity contribution in [3.8, 4) is 29.6 Å². The van der Waals surface area contributed by atoms with E-state index in [0.717, 1.165) is 10.8 Å². The average Bonchev–Trinajstić information content (AvgIpc) is 3.41. The van der Waals surface area contributed by atoms with Gasteiger partial charge in [0.1, 0.15) is 12.4 Å². The Morgan fingerprint density at radius 2 is 1.72 bits per heavy atom. The molecule has 0 saturated carbocycles. The molecule has 9 heteroatoms. The van der Waals surface area contributed by atoms with E-state index in [2.05, 4.69) is 5.92 Å². The number of methoxy groups -OCH3 is 2. The summed E-state index contributed by atoms with van der Waals surface area (Å²) in [7, 11) is 3.08. The number of thiazole rings is 1. The van der Waals surface area contributed by atoms with Crippen molar-refractivity contribution in [2.45, 2.75) is 13.0 Å². The number of carbonyl (C=O) groups is 1. The van der Waals surface area contributed by atoms with Crippen molar-refractivity contribution < 1.29 is 23.7 Å². The van der Waals surface area contributed by atoms with Crippen LogP contribution in [0.4, 0.5) is 0 Å². The van der Waals surface area contributed by atoms with Gasteiger partial charge in [0.2, 0.25) is 0 Å². The van der Waals surface area contributed by atoms with Crippen LogP contribution in [-0.4, -0.2) is 38.0 Å². The molecular formula is C37H30N2O6S. The molecule has 2 heterocycles. The Labute approximate surface area is 269 Å². The lowest BCUT2D eigenvalue weighted by molar-refractivity contribution is -0.138. The van der Waals surface area contributed by atoms with Crippen molar-refractivity contribution in [2.24, 2.45) is 4.99 Å². The fourth-order valence-electron chi connectivity index (χ4n) is 5.58. The van der Waals surface area contributed by atoms with Gasteiger partial charge in [-0.25, -0.2) is 9.79 Å². The van der Waals surface area contributed by atoms with E-state index in [1.165, 1.54) is 18.4 Å². The maximum Gasteiger partial charge on any atom is 0.338 e. The molecule has 1 aromatic heterocycles. The molecule has 0 bridgehead atoms. The number of carbonyl (C=O) groups excluding carboxylic acids is 1. The number of aromatic nitrogens is 1. The first-order valence-corrected chi connectivity index (χ1v) is 15.4. The summed E-state index contributed by atoms with van der Waals surface area (Å²) in [6, 6.07) is 25.5. The molecule has 0 N–H and O–H groups in total. The molecule has 8 nitrogen and oxygen atoms in total. The van der Waals surface area contributed by atoms with E-state index >= 15 is 0 Å². The predicted octanol–water partition coefficient (Wildman–Crippen LogP) is 5.12. The highest BCUT2D eigenvalue weighted by Crippen LogP contribution is 2.38. The second-order valence-electron chi connectivity index (χ2n) is 10.2. The lowest BCUT2D eigenvalue weighted by atomic mass is 9.93. The Balaban J connectivity index is 1.68. The molecule has 1 aliphatic rings. The van der Waals surface area contributed by atoms with E-state index in [-0.39, 0.29) is 24.3 Å². The highest BCUT2D eigenvalue weighted by atomic mass is 32.1. The Morgan fingerprint density at radius 1 is 0.978 bits per heavy atom. The van der Waals surface area contributed by atoms with Gasteiger partial charge in [0, 0.05) is 11.1 Å². The average molecular weight is 631 g/mol. The maximum absolute atomic E-state index is 14.5. The van der Waals surface area contributed by atoms with E-state index in [1.54, 1.807) is 36.8 Å². The van der Waals surface area contributed by atoms with Crippen LogP contribution in [0.1, 0.15) is 29.7 Å². The minimum absolute atomic E-state index is 0.0725. The van der Waals surface area contributed by atoms with E-state index in [1.807, 2.05) is 72.8 Å². The summed E-state index contributed by atoms with van der Waals surface area (Å²) in [5, 5.41) is 1.88. The van der Waals surface area contributed by atoms with Gasteiger partial charge in [-0.15, -0.1) is 6.42 Å². The predicted molar refractivity (Wildman–Crippen MR) is 179 cm³/mol. The van der Waals surface area contributed by atoms with Crippen LogP contribution in [0.25, 0.3) is 22.5 Å². The molecule has 6 rings (SSSR count). The van der Waals surface area contributed by atoms with E-state index < -0.39 is 12.0 Å². The van der Waals surface area contributed by atoms with Crippen molar-refractivity contribution in [1.82, 2.24) is 4.57 Å². The normalized spacial score (nSPS) is 14.3. The number of benzene rings is 4. The van der Waals surface area contributed by atoms with Crippen molar-refractivity contribution in [2.75, 3.05) is 27.4 Å². The van der Waals surface area contributed by atoms with Crippen molar-refractivity contribution >= 4 is 39.9 Å². The number of hydrogen-bond donors (Lipinski definition) is 0. The van der Waals surface area contributed by atoms with Crippen LogP contribution in [0.5, 0.6) is 17.2 Å². The third-order valence-corrected chi connectivity index (χ3v) is 8.60. The van der Waals surface area contributed by atoms with Crippen LogP contribution in [0, 0.1) is 12.3 Å². The molecule has 1 atom stereocenters. The summed E-state index contributed by atoms with van der Waals surface area (Å²) in [6.45, 7) is 1.96. The van der Waals surface area contributed by atoms with Crippen LogP contribution in [0.2, 0.25) is 0 Å². The molecule has 0 spiro atoms. The number of ether oxygens (including phenoxy) is 4. The summed E-state index contributed by atoms with van der Waals surface area (Å²) >= 11 is 1.23. The summed E-state index contributed by atoms with van der Waals surface area (Å²) < 4.78 is 24.5. The van der Waals surface area contributed by atoms with E-state index in [9.17, 15) is 9.59 Å². The van der Waals surface area contributed by atoms with Crippen LogP contribution in [-0.2, 0) is 9.53 Å². The van der Waals surface area contributed by atoms with Gasteiger partial charge >= 0.3 is 5.97 Å². The fourth-order valence-corrected chi connectivity index (χ4v) is 6.56. The van der Waals surface area contributed by atoms with Crippen molar-refractivity contribution in [3.63, 3.8) is 0 Å². The monoisotopic (exact) mass is 630 g/mol. The first-order valence-electron chi connectivity index (χ1n) is 14.6. The molecule has 4 aromatic carbocycles. The second-order valence-corrected chi connectivity index (χ2v) is 11.2. The molecular weight excluding hydrogens is 600 g/mol. The molecule has 0 radical (unpaired) electrons. The van der Waals surface area contributed by atoms with Gasteiger partial charge in [-0.3, -0.25) is 9.36 Å². The maximum atomic E-state index is 14.5. The van der Waals surface area contributed by atoms with E-state index in [4.69, 9.17) is 30.4 Å². The fraction of sp³-hybridized carbons (Fsp3) is 0.162. The van der Waals surface area contributed by atoms with Gasteiger partial charge < -0.3 is 18.9 Å². The Kier molecular flexibility index (Phi) is 8.72. The third kappa shape index (κ3) is 5.55. The van der Waals surface area contributed by atoms with Crippen LogP contribution < -0.4 is 29.1 Å². The second kappa shape index (κ2) is 13.2. The Morgan fingerprint density at radius 3 is 2.46 bits per heavy atom. The summed E-state index contributed by atoms with van der Waals surface area (Å²) in [5.74, 6) is 3.46. The number of hydrogen-bond acceptors (Lipinski definition) is 8. The topological polar surface area (TPSA) is 88.3 Å². The minimum atomic E-state index is -0.878. The van der Waals surface area contributed by atoms with Gasteiger partial charge in [-0.05, 0) is 47.5 Å². The smallest absolute Gasteiger partial charge is 0.338 e. The minimum Gasteiger partial charge on any atom is -0.493 e. The molecule has 230 valence electrons. The number of rotatable bonds is 9. The Bertz CT molecular complexity index is 2210. The van der Waals surface area contributed by atoms with Gasteiger partial charge in [-0.1, -0.05) is 84.0 Å². The number of terminal acetylenes is 1. The first-order chi connectivity index (χ1) is 22.5. The standard InChI is InChI=1S/C37H30N2O6S/c1-5-20-45-28-18-16-23-12-10-11-15-26(23)27(28)22-31-35(40)39-34(25-17-19-29(42-3)30(21-25)43-4)32(36(41)44-6-2)33(38-37(39)46-31)24-13-8-7-9-14-24/h1,7-19,21-22,34H,6,20H2,2-4H3/b31-22-/t34-/m0/s1. The van der Waals surface area contributed by atoms with Gasteiger partial charge in [-0.2, -0.15) is 0 Å². The molecule has 0 saturated heterocycles. The highest BCUT2D eigenvalue weighted by Gasteiger charge is 2.35. The summed E-state index contributed by atoms with van der Waals surface area (Å²) in [4.78, 5) is 33.7. The van der Waals surface area contributed by atoms with Crippen molar-refractivity contribution in [1.29, 1.82) is 0 Å². The van der Waals surface area contributed by atoms with Crippen molar-refractivity contribution in [3.05, 3.63) is 127 Å². The van der Waals surface area contributed by atoms with Crippen LogP contribution in [0.3, 0.4) is 0 Å². The van der Waals surface area contributed by atoms with Crippen LogP contribution in [0.15, 0.2) is 100 Å². The number of esters is 1. The Hall–Kier alpha value is -5.59. The SMILES string of the molecule is C#CCOc1ccc2ccccc2c1/C=c1\sc2n(c1=O)[C@@H](c1ccc(OC)c(OC)c1)C(C(=O)OCC)=C(c1ccccc1)N=2. The number of fused-ring (bicyclic) bond motifs is 2. The van der Waals surface area contributed by atoms with E-state index in [0.29, 0.717) is 49.0 Å². The zero-order chi connectivity index (χ0) is 32.2. The third-order valence-electron chi connectivity index (χ3n) is 7.61. The zero-order valence-electron chi connectivity index (χ0n) is 25.5. The zero-order valence-corrected chi connectivity index (χ0v) is 26.3. The highest BCUT2D eigenvalue weighted by molar-refractivity contribution is 7.07. The molecule has 1 aliphatic heterocycles. The van der Waals surface area contributed by atoms with Crippen LogP contribution >= 0.6 is 11.3 Å². The summed E-state index contributed by atoms with van der Waals surface area (Å²) in [5.41, 5.74) is 2.40. The first kappa shape index (κ1) is 30.4. The molecule has 5 aromatic rings. The largest absolute Gasteiger partial charge is 0.493 e. The summed E-state index contributed by atoms with van der Waals surface area (Å²) in [6.07, 6.45) is 7.31. The lowest BCUT2D eigenvalue weighted by Gasteiger charge is -2.26. The number of nitrogens with zero attached hydrogens (tertiary/aromatic N) is 2. The molecule has 0 aliphatic carbocycles. The molecule has 0 unspecified atom stereocenters. The molecule has 46 heavy (non-hydrogen) atoms. The lowest BCUT2D eigenvalue weighted by Crippen LogP contribution is -2.40. The molecule has 0 fully saturated rings. The van der Waals surface area contributed by atoms with Gasteiger partial charge in [0.25, 0.3) is 5.56 Å².